The first kappa shape index (κ1) is 17.6. The van der Waals surface area contributed by atoms with Crippen molar-refractivity contribution >= 4 is 40.6 Å². The number of halogens is 1. The van der Waals surface area contributed by atoms with Crippen LogP contribution in [0.4, 0.5) is 11.8 Å². The highest BCUT2D eigenvalue weighted by Gasteiger charge is 2.11. The summed E-state index contributed by atoms with van der Waals surface area (Å²) in [5, 5.41) is 16.2. The molecule has 0 aliphatic heterocycles. The average Bonchev–Trinajstić information content (AvgIpc) is 3.17. The van der Waals surface area contributed by atoms with E-state index in [0.29, 0.717) is 5.02 Å². The summed E-state index contributed by atoms with van der Waals surface area (Å²) in [4.78, 5) is 19.0. The van der Waals surface area contributed by atoms with E-state index in [0.717, 1.165) is 22.2 Å². The van der Waals surface area contributed by atoms with Gasteiger partial charge in [0.1, 0.15) is 4.92 Å². The van der Waals surface area contributed by atoms with Crippen molar-refractivity contribution in [2.45, 2.75) is 0 Å². The van der Waals surface area contributed by atoms with Crippen LogP contribution in [-0.4, -0.2) is 21.1 Å². The quantitative estimate of drug-likeness (QED) is 0.293. The Labute approximate surface area is 163 Å². The second kappa shape index (κ2) is 7.45. The molecule has 0 amide bonds. The number of aromatic nitrogens is 2. The zero-order chi connectivity index (χ0) is 19.5. The lowest BCUT2D eigenvalue weighted by atomic mass is 10.1. The molecule has 0 spiro atoms. The second-order valence-corrected chi connectivity index (χ2v) is 6.16. The molecule has 0 saturated carbocycles. The van der Waals surface area contributed by atoms with Gasteiger partial charge < -0.3 is 4.42 Å². The predicted octanol–water partition coefficient (Wildman–Crippen LogP) is 4.90. The summed E-state index contributed by atoms with van der Waals surface area (Å²) in [6.07, 6.45) is 1.31. The molecule has 138 valence electrons. The molecule has 2 aromatic heterocycles. The molecule has 9 heteroatoms. The fraction of sp³-hybridized carbons (Fsp3) is 0. The Bertz CT molecular complexity index is 1190. The highest BCUT2D eigenvalue weighted by molar-refractivity contribution is 6.30. The molecule has 2 heterocycles. The van der Waals surface area contributed by atoms with Crippen LogP contribution in [-0.2, 0) is 0 Å². The normalized spacial score (nSPS) is 11.2. The first-order valence-corrected chi connectivity index (χ1v) is 8.54. The maximum atomic E-state index is 10.7. The van der Waals surface area contributed by atoms with E-state index in [4.69, 9.17) is 16.0 Å². The molecule has 0 bridgehead atoms. The van der Waals surface area contributed by atoms with Crippen LogP contribution in [0, 0.1) is 10.1 Å². The molecule has 1 N–H and O–H groups in total. The molecule has 2 aromatic carbocycles. The van der Waals surface area contributed by atoms with E-state index >= 15 is 0 Å². The number of benzene rings is 2. The lowest BCUT2D eigenvalue weighted by Gasteiger charge is -2.08. The summed E-state index contributed by atoms with van der Waals surface area (Å²) in [5.41, 5.74) is 5.10. The number of nitrogens with one attached hydrogen (secondary N) is 1. The third-order valence-electron chi connectivity index (χ3n) is 3.87. The smallest absolute Gasteiger partial charge is 0.400 e. The predicted molar refractivity (Wildman–Crippen MR) is 107 cm³/mol. The lowest BCUT2D eigenvalue weighted by molar-refractivity contribution is -0.402. The number of rotatable bonds is 5. The molecule has 0 aliphatic rings. The Morgan fingerprint density at radius 3 is 2.61 bits per heavy atom. The van der Waals surface area contributed by atoms with Crippen LogP contribution in [0.15, 0.2) is 70.2 Å². The van der Waals surface area contributed by atoms with E-state index in [1.807, 2.05) is 36.4 Å². The van der Waals surface area contributed by atoms with Gasteiger partial charge in [-0.05, 0) is 24.3 Å². The molecule has 0 saturated heterocycles. The Morgan fingerprint density at radius 1 is 1.07 bits per heavy atom. The van der Waals surface area contributed by atoms with Gasteiger partial charge in [-0.2, -0.15) is 5.10 Å². The molecule has 8 nitrogen and oxygen atoms in total. The molecule has 0 aliphatic carbocycles. The van der Waals surface area contributed by atoms with Crippen molar-refractivity contribution < 1.29 is 9.34 Å². The number of nitrogens with zero attached hydrogens (tertiary/aromatic N) is 4. The van der Waals surface area contributed by atoms with Crippen molar-refractivity contribution in [1.82, 2.24) is 9.97 Å². The van der Waals surface area contributed by atoms with Crippen molar-refractivity contribution in [3.8, 4) is 11.3 Å². The molecule has 4 rings (SSSR count). The maximum Gasteiger partial charge on any atom is 0.433 e. The lowest BCUT2D eigenvalue weighted by Crippen LogP contribution is -1.99. The fourth-order valence-corrected chi connectivity index (χ4v) is 2.74. The topological polar surface area (TPSA) is 106 Å². The van der Waals surface area contributed by atoms with Gasteiger partial charge in [0.2, 0.25) is 5.95 Å². The van der Waals surface area contributed by atoms with Crippen molar-refractivity contribution in [3.63, 3.8) is 0 Å². The first-order chi connectivity index (χ1) is 13.6. The average molecular weight is 394 g/mol. The first-order valence-electron chi connectivity index (χ1n) is 8.16. The van der Waals surface area contributed by atoms with Crippen LogP contribution in [0.2, 0.25) is 5.02 Å². The fourth-order valence-electron chi connectivity index (χ4n) is 2.62. The number of hydrogen-bond acceptors (Lipinski definition) is 7. The molecular formula is C19H12ClN5O3. The van der Waals surface area contributed by atoms with Crippen LogP contribution < -0.4 is 5.43 Å². The number of para-hydroxylation sites is 1. The number of furan rings is 1. The molecule has 0 fully saturated rings. The Morgan fingerprint density at radius 2 is 1.86 bits per heavy atom. The van der Waals surface area contributed by atoms with Crippen molar-refractivity contribution in [1.29, 1.82) is 0 Å². The Balaban J connectivity index is 1.66. The zero-order valence-corrected chi connectivity index (χ0v) is 15.0. The van der Waals surface area contributed by atoms with Crippen molar-refractivity contribution in [2.24, 2.45) is 5.10 Å². The van der Waals surface area contributed by atoms with Crippen LogP contribution in [0.25, 0.3) is 22.2 Å². The van der Waals surface area contributed by atoms with E-state index < -0.39 is 4.92 Å². The Kier molecular flexibility index (Phi) is 4.69. The summed E-state index contributed by atoms with van der Waals surface area (Å²) >= 11 is 5.98. The number of nitro groups is 1. The largest absolute Gasteiger partial charge is 0.433 e. The molecule has 0 unspecified atom stereocenters. The zero-order valence-electron chi connectivity index (χ0n) is 14.2. The van der Waals surface area contributed by atoms with Crippen LogP contribution in [0.3, 0.4) is 0 Å². The summed E-state index contributed by atoms with van der Waals surface area (Å²) in [7, 11) is 0. The summed E-state index contributed by atoms with van der Waals surface area (Å²) in [6.45, 7) is 0. The van der Waals surface area contributed by atoms with Gasteiger partial charge in [0.15, 0.2) is 5.76 Å². The molecule has 4 aromatic rings. The number of hydrazone groups is 1. The summed E-state index contributed by atoms with van der Waals surface area (Å²) in [5.74, 6) is 0.160. The van der Waals surface area contributed by atoms with E-state index in [-0.39, 0.29) is 17.6 Å². The minimum Gasteiger partial charge on any atom is -0.400 e. The molecule has 0 atom stereocenters. The van der Waals surface area contributed by atoms with Gasteiger partial charge in [0, 0.05) is 16.0 Å². The molecule has 0 radical (unpaired) electrons. The van der Waals surface area contributed by atoms with E-state index in [1.54, 1.807) is 12.1 Å². The van der Waals surface area contributed by atoms with Crippen LogP contribution in [0.5, 0.6) is 0 Å². The minimum absolute atomic E-state index is 0.234. The van der Waals surface area contributed by atoms with Gasteiger partial charge in [-0.1, -0.05) is 41.9 Å². The third kappa shape index (κ3) is 3.67. The van der Waals surface area contributed by atoms with Gasteiger partial charge in [-0.25, -0.2) is 15.4 Å². The van der Waals surface area contributed by atoms with Crippen LogP contribution in [0.1, 0.15) is 5.76 Å². The summed E-state index contributed by atoms with van der Waals surface area (Å²) in [6, 6.07) is 17.7. The van der Waals surface area contributed by atoms with Gasteiger partial charge in [0.05, 0.1) is 23.5 Å². The van der Waals surface area contributed by atoms with E-state index in [1.165, 1.54) is 18.3 Å². The minimum atomic E-state index is -0.615. The van der Waals surface area contributed by atoms with Gasteiger partial charge >= 0.3 is 5.88 Å². The Hall–Kier alpha value is -3.78. The summed E-state index contributed by atoms with van der Waals surface area (Å²) < 4.78 is 5.02. The molecular weight excluding hydrogens is 382 g/mol. The van der Waals surface area contributed by atoms with Gasteiger partial charge in [-0.15, -0.1) is 0 Å². The second-order valence-electron chi connectivity index (χ2n) is 5.72. The number of fused-ring (bicyclic) bond motifs is 1. The van der Waals surface area contributed by atoms with Gasteiger partial charge in [0.25, 0.3) is 0 Å². The van der Waals surface area contributed by atoms with E-state index in [2.05, 4.69) is 20.5 Å². The number of hydrogen-bond donors (Lipinski definition) is 1. The maximum absolute atomic E-state index is 10.7. The van der Waals surface area contributed by atoms with E-state index in [9.17, 15) is 10.1 Å². The third-order valence-corrected chi connectivity index (χ3v) is 4.12. The molecule has 28 heavy (non-hydrogen) atoms. The number of anilines is 1. The monoisotopic (exact) mass is 393 g/mol. The standard InChI is InChI=1S/C19H12ClN5O3/c20-13-7-5-12(6-8-13)18-15-3-1-2-4-16(15)22-19(23-18)24-21-11-14-9-10-17(28-14)25(26)27/h1-11H,(H,22,23,24). The SMILES string of the molecule is O=[N+]([O-])c1ccc(C=NNc2nc(-c3ccc(Cl)cc3)c3ccccc3n2)o1. The van der Waals surface area contributed by atoms with Crippen molar-refractivity contribution in [2.75, 3.05) is 5.43 Å². The highest BCUT2D eigenvalue weighted by atomic mass is 35.5. The van der Waals surface area contributed by atoms with Crippen LogP contribution >= 0.6 is 11.6 Å². The van der Waals surface area contributed by atoms with Gasteiger partial charge in [-0.3, -0.25) is 10.1 Å². The highest BCUT2D eigenvalue weighted by Crippen LogP contribution is 2.28. The van der Waals surface area contributed by atoms with Crippen molar-refractivity contribution in [3.05, 3.63) is 81.6 Å².